The molecule has 0 bridgehead atoms. The second-order valence-corrected chi connectivity index (χ2v) is 3.77. The van der Waals surface area contributed by atoms with Crippen molar-refractivity contribution in [3.63, 3.8) is 0 Å². The van der Waals surface area contributed by atoms with E-state index in [0.29, 0.717) is 5.57 Å². The maximum Gasteiger partial charge on any atom is 0.382 e. The average Bonchev–Trinajstić information content (AvgIpc) is 1.96. The van der Waals surface area contributed by atoms with Crippen molar-refractivity contribution in [1.82, 2.24) is 0 Å². The molecule has 0 unspecified atom stereocenters. The summed E-state index contributed by atoms with van der Waals surface area (Å²) in [7, 11) is 0. The van der Waals surface area contributed by atoms with Gasteiger partial charge in [-0.1, -0.05) is 33.3 Å². The fourth-order valence-electron chi connectivity index (χ4n) is 0.836. The molecular weight excluding hydrogens is 168 g/mol. The molecule has 3 heteroatoms. The fourth-order valence-corrected chi connectivity index (χ4v) is 0.836. The highest BCUT2D eigenvalue weighted by molar-refractivity contribution is 5.87. The number of hydrogen-bond donors (Lipinski definition) is 0. The monoisotopic (exact) mass is 182 g/mol. The average molecular weight is 182 g/mol. The van der Waals surface area contributed by atoms with Crippen molar-refractivity contribution in [3.05, 3.63) is 11.6 Å². The van der Waals surface area contributed by atoms with Gasteiger partial charge in [0.2, 0.25) is 0 Å². The molecule has 0 aliphatic carbocycles. The number of rotatable bonds is 2. The predicted octanol–water partition coefficient (Wildman–Crippen LogP) is 2.04. The zero-order valence-electron chi connectivity index (χ0n) is 8.38. The van der Waals surface area contributed by atoms with Crippen LogP contribution in [0.5, 0.6) is 0 Å². The van der Waals surface area contributed by atoms with Crippen LogP contribution in [0.3, 0.4) is 0 Å². The first-order valence-corrected chi connectivity index (χ1v) is 3.90. The zero-order valence-corrected chi connectivity index (χ0v) is 8.38. The van der Waals surface area contributed by atoms with Crippen molar-refractivity contribution < 1.29 is 14.6 Å². The molecule has 0 amide bonds. The number of hydrogen-bond acceptors (Lipinski definition) is 3. The predicted molar refractivity (Wildman–Crippen MR) is 49.2 cm³/mol. The lowest BCUT2D eigenvalue weighted by atomic mass is 9.94. The van der Waals surface area contributed by atoms with Crippen LogP contribution < -0.4 is 0 Å². The highest BCUT2D eigenvalue weighted by Gasteiger charge is 2.12. The summed E-state index contributed by atoms with van der Waals surface area (Å²) >= 11 is 0. The highest BCUT2D eigenvalue weighted by atomic mass is 17.2. The maximum atomic E-state index is 11.1. The number of allylic oxidation sites excluding steroid dienone is 1. The van der Waals surface area contributed by atoms with E-state index in [1.54, 1.807) is 19.1 Å². The van der Waals surface area contributed by atoms with E-state index in [1.165, 1.54) is 0 Å². The van der Waals surface area contributed by atoms with Crippen LogP contribution in [0.1, 0.15) is 27.7 Å². The van der Waals surface area contributed by atoms with Gasteiger partial charge in [-0.2, -0.15) is 0 Å². The number of terminal acetylenes is 1. The lowest BCUT2D eigenvalue weighted by molar-refractivity contribution is -0.225. The maximum absolute atomic E-state index is 11.1. The molecule has 0 fully saturated rings. The van der Waals surface area contributed by atoms with Gasteiger partial charge in [0.25, 0.3) is 0 Å². The SMILES string of the molecule is C#COOC(=O)/C(C)=C\C(C)(C)C. The summed E-state index contributed by atoms with van der Waals surface area (Å²) in [6.07, 6.45) is 8.27. The van der Waals surface area contributed by atoms with E-state index in [9.17, 15) is 4.79 Å². The Balaban J connectivity index is 4.27. The van der Waals surface area contributed by atoms with Gasteiger partial charge in [-0.15, -0.1) is 0 Å². The van der Waals surface area contributed by atoms with E-state index >= 15 is 0 Å². The van der Waals surface area contributed by atoms with Crippen molar-refractivity contribution in [1.29, 1.82) is 0 Å². The van der Waals surface area contributed by atoms with Gasteiger partial charge >= 0.3 is 5.97 Å². The molecule has 0 radical (unpaired) electrons. The van der Waals surface area contributed by atoms with Crippen molar-refractivity contribution in [2.75, 3.05) is 0 Å². The van der Waals surface area contributed by atoms with Crippen LogP contribution in [0, 0.1) is 17.9 Å². The normalized spacial score (nSPS) is 11.8. The Labute approximate surface area is 78.7 Å². The van der Waals surface area contributed by atoms with E-state index < -0.39 is 5.97 Å². The highest BCUT2D eigenvalue weighted by Crippen LogP contribution is 2.17. The van der Waals surface area contributed by atoms with Crippen LogP contribution in [0.4, 0.5) is 0 Å². The minimum absolute atomic E-state index is 0.0702. The van der Waals surface area contributed by atoms with Crippen molar-refractivity contribution >= 4 is 5.97 Å². The summed E-state index contributed by atoms with van der Waals surface area (Å²) in [6.45, 7) is 7.58. The lowest BCUT2D eigenvalue weighted by Crippen LogP contribution is -2.09. The minimum atomic E-state index is -0.562. The Morgan fingerprint density at radius 1 is 1.46 bits per heavy atom. The molecule has 0 rings (SSSR count). The molecule has 0 aliphatic rings. The third-order valence-corrected chi connectivity index (χ3v) is 1.14. The van der Waals surface area contributed by atoms with Gasteiger partial charge in [-0.25, -0.2) is 14.6 Å². The fraction of sp³-hybridized carbons (Fsp3) is 0.500. The van der Waals surface area contributed by atoms with Gasteiger partial charge in [0.1, 0.15) is 0 Å². The topological polar surface area (TPSA) is 35.5 Å². The van der Waals surface area contributed by atoms with Gasteiger partial charge in [-0.05, 0) is 12.3 Å². The van der Waals surface area contributed by atoms with Gasteiger partial charge < -0.3 is 0 Å². The van der Waals surface area contributed by atoms with Gasteiger partial charge in [0.15, 0.2) is 6.11 Å². The molecule has 13 heavy (non-hydrogen) atoms. The number of carbonyl (C=O) groups excluding carboxylic acids is 1. The minimum Gasteiger partial charge on any atom is -0.242 e. The Hall–Kier alpha value is -1.43. The van der Waals surface area contributed by atoms with E-state index in [2.05, 4.69) is 9.78 Å². The van der Waals surface area contributed by atoms with Gasteiger partial charge in [-0.3, -0.25) is 0 Å². The summed E-state index contributed by atoms with van der Waals surface area (Å²) in [5, 5.41) is 0. The Bertz CT molecular complexity index is 250. The molecule has 3 nitrogen and oxygen atoms in total. The van der Waals surface area contributed by atoms with Crippen molar-refractivity contribution in [2.45, 2.75) is 27.7 Å². The van der Waals surface area contributed by atoms with Crippen LogP contribution in [-0.4, -0.2) is 5.97 Å². The molecule has 0 aromatic rings. The summed E-state index contributed by atoms with van der Waals surface area (Å²) < 4.78 is 0. The third-order valence-electron chi connectivity index (χ3n) is 1.14. The van der Waals surface area contributed by atoms with Crippen LogP contribution in [-0.2, 0) is 14.6 Å². The van der Waals surface area contributed by atoms with Crippen LogP contribution >= 0.6 is 0 Å². The molecule has 0 saturated heterocycles. The van der Waals surface area contributed by atoms with Crippen LogP contribution in [0.2, 0.25) is 0 Å². The van der Waals surface area contributed by atoms with Crippen molar-refractivity contribution in [3.8, 4) is 12.5 Å². The van der Waals surface area contributed by atoms with E-state index in [-0.39, 0.29) is 5.41 Å². The Morgan fingerprint density at radius 2 is 2.00 bits per heavy atom. The van der Waals surface area contributed by atoms with E-state index in [4.69, 9.17) is 6.42 Å². The molecule has 0 aromatic heterocycles. The molecule has 0 aromatic carbocycles. The van der Waals surface area contributed by atoms with E-state index in [1.807, 2.05) is 20.8 Å². The molecule has 0 atom stereocenters. The molecule has 0 saturated carbocycles. The standard InChI is InChI=1S/C10H14O3/c1-6-12-13-9(11)8(2)7-10(3,4)5/h1,7H,2-5H3/b8-7-. The first-order chi connectivity index (χ1) is 5.87. The lowest BCUT2D eigenvalue weighted by Gasteiger charge is -2.12. The Kier molecular flexibility index (Phi) is 4.06. The second kappa shape index (κ2) is 4.56. The summed E-state index contributed by atoms with van der Waals surface area (Å²) in [5.41, 5.74) is 0.405. The first kappa shape index (κ1) is 11.6. The molecule has 0 N–H and O–H groups in total. The third kappa shape index (κ3) is 5.80. The smallest absolute Gasteiger partial charge is 0.242 e. The molecule has 72 valence electrons. The number of carbonyl (C=O) groups is 1. The summed E-state index contributed by atoms with van der Waals surface area (Å²) in [5.74, 6) is -0.562. The molecule has 0 spiro atoms. The largest absolute Gasteiger partial charge is 0.382 e. The first-order valence-electron chi connectivity index (χ1n) is 3.90. The second-order valence-electron chi connectivity index (χ2n) is 3.77. The van der Waals surface area contributed by atoms with E-state index in [0.717, 1.165) is 0 Å². The van der Waals surface area contributed by atoms with Crippen LogP contribution in [0.15, 0.2) is 11.6 Å². The van der Waals surface area contributed by atoms with Crippen molar-refractivity contribution in [2.24, 2.45) is 5.41 Å². The zero-order chi connectivity index (χ0) is 10.5. The molecule has 0 heterocycles. The van der Waals surface area contributed by atoms with Gasteiger partial charge in [0.05, 0.1) is 0 Å². The quantitative estimate of drug-likeness (QED) is 0.284. The Morgan fingerprint density at radius 3 is 2.38 bits per heavy atom. The molecular formula is C10H14O3. The summed E-state index contributed by atoms with van der Waals surface area (Å²) in [4.78, 5) is 19.4. The van der Waals surface area contributed by atoms with Crippen LogP contribution in [0.25, 0.3) is 0 Å². The summed E-state index contributed by atoms with van der Waals surface area (Å²) in [6, 6.07) is 0. The molecule has 0 aliphatic heterocycles. The van der Waals surface area contributed by atoms with Gasteiger partial charge in [0, 0.05) is 5.57 Å².